The van der Waals surface area contributed by atoms with Gasteiger partial charge in [-0.15, -0.1) is 0 Å². The van der Waals surface area contributed by atoms with E-state index >= 15 is 0 Å². The minimum absolute atomic E-state index is 0.0248. The number of nitrogens with one attached hydrogen (secondary N) is 2. The Hall–Kier alpha value is -1.10. The Labute approximate surface area is 90.2 Å². The van der Waals surface area contributed by atoms with E-state index in [1.165, 1.54) is 0 Å². The topological polar surface area (TPSA) is 78.4 Å². The largest absolute Gasteiger partial charge is 0.481 e. The third-order valence-electron chi connectivity index (χ3n) is 2.15. The summed E-state index contributed by atoms with van der Waals surface area (Å²) in [6.45, 7) is 4.39. The first-order valence-electron chi connectivity index (χ1n) is 5.13. The molecular formula is C10H20N2O3. The Balaban J connectivity index is 4.04. The van der Waals surface area contributed by atoms with Crippen molar-refractivity contribution >= 4 is 11.9 Å². The van der Waals surface area contributed by atoms with Crippen LogP contribution in [-0.2, 0) is 9.59 Å². The van der Waals surface area contributed by atoms with Crippen molar-refractivity contribution in [3.05, 3.63) is 0 Å². The summed E-state index contributed by atoms with van der Waals surface area (Å²) in [5.74, 6) is -0.869. The minimum atomic E-state index is -0.886. The Kier molecular flexibility index (Phi) is 6.70. The van der Waals surface area contributed by atoms with Crippen LogP contribution in [0.2, 0.25) is 0 Å². The third kappa shape index (κ3) is 6.90. The highest BCUT2D eigenvalue weighted by Crippen LogP contribution is 2.06. The monoisotopic (exact) mass is 216 g/mol. The summed E-state index contributed by atoms with van der Waals surface area (Å²) in [7, 11) is 1.77. The van der Waals surface area contributed by atoms with E-state index in [4.69, 9.17) is 5.11 Å². The van der Waals surface area contributed by atoms with E-state index in [2.05, 4.69) is 10.6 Å². The Morgan fingerprint density at radius 1 is 1.33 bits per heavy atom. The van der Waals surface area contributed by atoms with Crippen molar-refractivity contribution in [3.8, 4) is 0 Å². The molecule has 1 unspecified atom stereocenters. The quantitative estimate of drug-likeness (QED) is 0.568. The zero-order valence-electron chi connectivity index (χ0n) is 9.54. The zero-order chi connectivity index (χ0) is 11.8. The van der Waals surface area contributed by atoms with Gasteiger partial charge in [-0.1, -0.05) is 13.8 Å². The molecule has 0 spiro atoms. The Morgan fingerprint density at radius 2 is 1.93 bits per heavy atom. The molecular weight excluding hydrogens is 196 g/mol. The van der Waals surface area contributed by atoms with Gasteiger partial charge < -0.3 is 15.7 Å². The average Bonchev–Trinajstić information content (AvgIpc) is 2.12. The van der Waals surface area contributed by atoms with Gasteiger partial charge in [-0.3, -0.25) is 9.59 Å². The second-order valence-electron chi connectivity index (χ2n) is 3.87. The molecule has 0 aromatic heterocycles. The van der Waals surface area contributed by atoms with Crippen LogP contribution in [0.4, 0.5) is 0 Å². The fourth-order valence-electron chi connectivity index (χ4n) is 1.16. The van der Waals surface area contributed by atoms with Gasteiger partial charge in [-0.05, 0) is 13.0 Å². The van der Waals surface area contributed by atoms with E-state index < -0.39 is 5.97 Å². The number of carbonyl (C=O) groups is 2. The molecule has 0 aromatic rings. The number of hydrogen-bond acceptors (Lipinski definition) is 3. The van der Waals surface area contributed by atoms with E-state index in [9.17, 15) is 9.59 Å². The zero-order valence-corrected chi connectivity index (χ0v) is 9.54. The van der Waals surface area contributed by atoms with Crippen molar-refractivity contribution in [2.24, 2.45) is 5.92 Å². The van der Waals surface area contributed by atoms with Gasteiger partial charge in [-0.2, -0.15) is 0 Å². The highest BCUT2D eigenvalue weighted by molar-refractivity contribution is 5.77. The van der Waals surface area contributed by atoms with E-state index in [1.54, 1.807) is 7.05 Å². The lowest BCUT2D eigenvalue weighted by Gasteiger charge is -2.20. The highest BCUT2D eigenvalue weighted by atomic mass is 16.4. The number of rotatable bonds is 7. The minimum Gasteiger partial charge on any atom is -0.481 e. The number of carboxylic acid groups (broad SMARTS) is 1. The molecule has 1 amide bonds. The van der Waals surface area contributed by atoms with Crippen LogP contribution in [0.5, 0.6) is 0 Å². The molecule has 0 aliphatic rings. The second kappa shape index (κ2) is 7.23. The molecule has 0 saturated carbocycles. The van der Waals surface area contributed by atoms with Crippen LogP contribution in [0.15, 0.2) is 0 Å². The number of carbonyl (C=O) groups excluding carboxylic acids is 1. The van der Waals surface area contributed by atoms with Crippen molar-refractivity contribution in [1.82, 2.24) is 10.6 Å². The number of aliphatic carboxylic acids is 1. The van der Waals surface area contributed by atoms with E-state index in [0.29, 0.717) is 13.0 Å². The van der Waals surface area contributed by atoms with Crippen molar-refractivity contribution in [3.63, 3.8) is 0 Å². The van der Waals surface area contributed by atoms with Crippen LogP contribution >= 0.6 is 0 Å². The average molecular weight is 216 g/mol. The first-order valence-corrected chi connectivity index (χ1v) is 5.13. The summed E-state index contributed by atoms with van der Waals surface area (Å²) in [5.41, 5.74) is 0. The molecule has 0 saturated heterocycles. The number of carboxylic acids is 1. The van der Waals surface area contributed by atoms with Crippen molar-refractivity contribution in [1.29, 1.82) is 0 Å². The van der Waals surface area contributed by atoms with Gasteiger partial charge in [0.15, 0.2) is 0 Å². The number of amides is 1. The first-order chi connectivity index (χ1) is 6.97. The van der Waals surface area contributed by atoms with E-state index in [-0.39, 0.29) is 24.3 Å². The van der Waals surface area contributed by atoms with Gasteiger partial charge in [0.1, 0.15) is 0 Å². The van der Waals surface area contributed by atoms with Gasteiger partial charge in [0, 0.05) is 19.0 Å². The summed E-state index contributed by atoms with van der Waals surface area (Å²) in [6, 6.07) is -0.285. The molecule has 5 heteroatoms. The van der Waals surface area contributed by atoms with Crippen LogP contribution in [0.25, 0.3) is 0 Å². The lowest BCUT2D eigenvalue weighted by atomic mass is 10.0. The van der Waals surface area contributed by atoms with Crippen LogP contribution in [0.1, 0.15) is 26.7 Å². The maximum Gasteiger partial charge on any atom is 0.305 e. The van der Waals surface area contributed by atoms with Crippen LogP contribution in [0, 0.1) is 5.92 Å². The summed E-state index contributed by atoms with van der Waals surface area (Å²) >= 11 is 0. The van der Waals surface area contributed by atoms with Crippen molar-refractivity contribution < 1.29 is 14.7 Å². The SMILES string of the molecule is CNCCC(=O)NC(CC(=O)O)C(C)C. The van der Waals surface area contributed by atoms with Gasteiger partial charge >= 0.3 is 5.97 Å². The standard InChI is InChI=1S/C10H20N2O3/c1-7(2)8(6-10(14)15)12-9(13)4-5-11-3/h7-8,11H,4-6H2,1-3H3,(H,12,13)(H,14,15). The van der Waals surface area contributed by atoms with E-state index in [1.807, 2.05) is 13.8 Å². The molecule has 0 aliphatic heterocycles. The smallest absolute Gasteiger partial charge is 0.305 e. The first kappa shape index (κ1) is 13.9. The normalized spacial score (nSPS) is 12.5. The fraction of sp³-hybridized carbons (Fsp3) is 0.800. The van der Waals surface area contributed by atoms with Gasteiger partial charge in [-0.25, -0.2) is 0 Å². The lowest BCUT2D eigenvalue weighted by molar-refractivity contribution is -0.138. The molecule has 0 radical (unpaired) electrons. The molecule has 0 aromatic carbocycles. The third-order valence-corrected chi connectivity index (χ3v) is 2.15. The van der Waals surface area contributed by atoms with Crippen LogP contribution in [-0.4, -0.2) is 36.6 Å². The fourth-order valence-corrected chi connectivity index (χ4v) is 1.16. The Bertz CT molecular complexity index is 217. The highest BCUT2D eigenvalue weighted by Gasteiger charge is 2.18. The summed E-state index contributed by atoms with van der Waals surface area (Å²) in [6.07, 6.45) is 0.350. The van der Waals surface area contributed by atoms with Crippen LogP contribution in [0.3, 0.4) is 0 Å². The van der Waals surface area contributed by atoms with Gasteiger partial charge in [0.05, 0.1) is 6.42 Å². The molecule has 88 valence electrons. The van der Waals surface area contributed by atoms with E-state index in [0.717, 1.165) is 0 Å². The number of hydrogen-bond donors (Lipinski definition) is 3. The molecule has 5 nitrogen and oxygen atoms in total. The molecule has 3 N–H and O–H groups in total. The summed E-state index contributed by atoms with van der Waals surface area (Å²) in [5, 5.41) is 14.2. The molecule has 1 atom stereocenters. The maximum absolute atomic E-state index is 11.4. The van der Waals surface area contributed by atoms with Crippen LogP contribution < -0.4 is 10.6 Å². The molecule has 0 bridgehead atoms. The molecule has 0 rings (SSSR count). The van der Waals surface area contributed by atoms with Crippen molar-refractivity contribution in [2.75, 3.05) is 13.6 Å². The molecule has 15 heavy (non-hydrogen) atoms. The second-order valence-corrected chi connectivity index (χ2v) is 3.87. The molecule has 0 heterocycles. The van der Waals surface area contributed by atoms with Gasteiger partial charge in [0.2, 0.25) is 5.91 Å². The summed E-state index contributed by atoms with van der Waals surface area (Å²) in [4.78, 5) is 21.9. The lowest BCUT2D eigenvalue weighted by Crippen LogP contribution is -2.40. The van der Waals surface area contributed by atoms with Gasteiger partial charge in [0.25, 0.3) is 0 Å². The Morgan fingerprint density at radius 3 is 2.33 bits per heavy atom. The predicted octanol–water partition coefficient (Wildman–Crippen LogP) is 0.211. The molecule has 0 aliphatic carbocycles. The molecule has 0 fully saturated rings. The predicted molar refractivity (Wildman–Crippen MR) is 57.6 cm³/mol. The van der Waals surface area contributed by atoms with Crippen molar-refractivity contribution in [2.45, 2.75) is 32.7 Å². The maximum atomic E-state index is 11.4. The summed E-state index contributed by atoms with van der Waals surface area (Å²) < 4.78 is 0.